The van der Waals surface area contributed by atoms with Crippen LogP contribution in [0.1, 0.15) is 22.8 Å². The number of hydrogen-bond donors (Lipinski definition) is 1. The molecule has 9 heteroatoms. The molecule has 132 valence electrons. The van der Waals surface area contributed by atoms with Crippen LogP contribution in [0.3, 0.4) is 0 Å². The molecule has 2 aromatic rings. The number of carbonyl (C=O) groups is 1. The molecule has 0 heterocycles. The lowest BCUT2D eigenvalue weighted by molar-refractivity contribution is -0.387. The van der Waals surface area contributed by atoms with Gasteiger partial charge in [-0.2, -0.15) is 4.39 Å². The lowest BCUT2D eigenvalue weighted by Gasteiger charge is -2.07. The quantitative estimate of drug-likeness (QED) is 0.624. The largest absolute Gasteiger partial charge is 0.348 e. The number of benzene rings is 2. The van der Waals surface area contributed by atoms with Crippen LogP contribution in [-0.2, 0) is 16.4 Å². The molecule has 2 aromatic carbocycles. The lowest BCUT2D eigenvalue weighted by atomic mass is 10.1. The van der Waals surface area contributed by atoms with Gasteiger partial charge in [0.15, 0.2) is 9.84 Å². The van der Waals surface area contributed by atoms with Crippen molar-refractivity contribution >= 4 is 21.4 Å². The minimum absolute atomic E-state index is 0.0187. The maximum absolute atomic E-state index is 14.0. The van der Waals surface area contributed by atoms with E-state index in [1.807, 2.05) is 0 Å². The van der Waals surface area contributed by atoms with Crippen LogP contribution in [0.25, 0.3) is 0 Å². The number of nitrogens with one attached hydrogen (secondary N) is 1. The molecule has 0 saturated carbocycles. The fourth-order valence-electron chi connectivity index (χ4n) is 2.10. The molecule has 0 bridgehead atoms. The Balaban J connectivity index is 2.11. The van der Waals surface area contributed by atoms with Gasteiger partial charge in [-0.1, -0.05) is 25.1 Å². The molecule has 0 atom stereocenters. The first-order valence-electron chi connectivity index (χ1n) is 7.29. The number of halogens is 1. The molecule has 2 rings (SSSR count). The van der Waals surface area contributed by atoms with Crippen molar-refractivity contribution in [3.63, 3.8) is 0 Å². The van der Waals surface area contributed by atoms with E-state index >= 15 is 0 Å². The molecule has 0 spiro atoms. The third-order valence-corrected chi connectivity index (χ3v) is 5.29. The summed E-state index contributed by atoms with van der Waals surface area (Å²) < 4.78 is 37.4. The van der Waals surface area contributed by atoms with E-state index in [0.29, 0.717) is 5.56 Å². The van der Waals surface area contributed by atoms with Gasteiger partial charge in [-0.05, 0) is 23.8 Å². The minimum Gasteiger partial charge on any atom is -0.348 e. The van der Waals surface area contributed by atoms with Crippen LogP contribution in [-0.4, -0.2) is 25.0 Å². The molecule has 0 unspecified atom stereocenters. The van der Waals surface area contributed by atoms with Crippen molar-refractivity contribution in [2.45, 2.75) is 18.4 Å². The molecule has 0 radical (unpaired) electrons. The highest BCUT2D eigenvalue weighted by atomic mass is 32.2. The summed E-state index contributed by atoms with van der Waals surface area (Å²) in [6.07, 6.45) is 0. The summed E-state index contributed by atoms with van der Waals surface area (Å²) in [5.41, 5.74) is -0.601. The maximum atomic E-state index is 14.0. The van der Waals surface area contributed by atoms with Gasteiger partial charge in [-0.25, -0.2) is 8.42 Å². The number of hydrogen-bond acceptors (Lipinski definition) is 5. The minimum atomic E-state index is -3.31. The summed E-state index contributed by atoms with van der Waals surface area (Å²) in [5.74, 6) is -2.02. The van der Waals surface area contributed by atoms with E-state index in [1.165, 1.54) is 37.3 Å². The molecule has 0 saturated heterocycles. The number of nitrogens with zero attached hydrogens (tertiary/aromatic N) is 1. The van der Waals surface area contributed by atoms with E-state index in [1.54, 1.807) is 0 Å². The van der Waals surface area contributed by atoms with E-state index in [4.69, 9.17) is 0 Å². The average molecular weight is 366 g/mol. The molecule has 1 N–H and O–H groups in total. The molecule has 0 aliphatic rings. The second-order valence-corrected chi connectivity index (χ2v) is 7.40. The average Bonchev–Trinajstić information content (AvgIpc) is 2.60. The number of nitro groups is 1. The van der Waals surface area contributed by atoms with Gasteiger partial charge in [-0.3, -0.25) is 14.9 Å². The van der Waals surface area contributed by atoms with E-state index in [-0.39, 0.29) is 17.2 Å². The first-order valence-corrected chi connectivity index (χ1v) is 8.94. The number of nitro benzene ring substituents is 1. The Morgan fingerprint density at radius 2 is 1.84 bits per heavy atom. The van der Waals surface area contributed by atoms with Gasteiger partial charge in [-0.15, -0.1) is 0 Å². The van der Waals surface area contributed by atoms with E-state index in [9.17, 15) is 27.7 Å². The number of carbonyl (C=O) groups excluding carboxylic acids is 1. The number of rotatable bonds is 6. The third-order valence-electron chi connectivity index (χ3n) is 3.54. The van der Waals surface area contributed by atoms with Gasteiger partial charge >= 0.3 is 5.69 Å². The van der Waals surface area contributed by atoms with Gasteiger partial charge < -0.3 is 5.32 Å². The third kappa shape index (κ3) is 4.18. The van der Waals surface area contributed by atoms with Crippen molar-refractivity contribution in [2.75, 3.05) is 5.75 Å². The Bertz CT molecular complexity index is 911. The number of amides is 1. The van der Waals surface area contributed by atoms with Crippen LogP contribution in [0.5, 0.6) is 0 Å². The van der Waals surface area contributed by atoms with Gasteiger partial charge in [0.1, 0.15) is 0 Å². The van der Waals surface area contributed by atoms with Gasteiger partial charge in [0.05, 0.1) is 21.1 Å². The second-order valence-electron chi connectivity index (χ2n) is 5.13. The highest BCUT2D eigenvalue weighted by Gasteiger charge is 2.21. The van der Waals surface area contributed by atoms with Crippen LogP contribution in [0.4, 0.5) is 10.1 Å². The molecule has 25 heavy (non-hydrogen) atoms. The Hall–Kier alpha value is -2.81. The highest BCUT2D eigenvalue weighted by Crippen LogP contribution is 2.20. The van der Waals surface area contributed by atoms with Crippen molar-refractivity contribution in [1.29, 1.82) is 0 Å². The lowest BCUT2D eigenvalue weighted by Crippen LogP contribution is -2.24. The molecular weight excluding hydrogens is 351 g/mol. The number of sulfone groups is 1. The molecule has 0 fully saturated rings. The van der Waals surface area contributed by atoms with Crippen molar-refractivity contribution in [3.8, 4) is 0 Å². The van der Waals surface area contributed by atoms with Crippen LogP contribution < -0.4 is 5.32 Å². The smallest absolute Gasteiger partial charge is 0.305 e. The molecule has 0 aromatic heterocycles. The van der Waals surface area contributed by atoms with Crippen molar-refractivity contribution in [3.05, 3.63) is 69.5 Å². The molecular formula is C16H15FN2O5S. The van der Waals surface area contributed by atoms with Crippen LogP contribution >= 0.6 is 0 Å². The summed E-state index contributed by atoms with van der Waals surface area (Å²) in [7, 11) is -3.31. The summed E-state index contributed by atoms with van der Waals surface area (Å²) in [6, 6.07) is 9.26. The second kappa shape index (κ2) is 7.39. The molecule has 0 aliphatic carbocycles. The molecule has 1 amide bonds. The zero-order valence-electron chi connectivity index (χ0n) is 13.2. The van der Waals surface area contributed by atoms with Crippen LogP contribution in [0.15, 0.2) is 47.4 Å². The Morgan fingerprint density at radius 1 is 1.20 bits per heavy atom. The zero-order valence-corrected chi connectivity index (χ0v) is 14.0. The van der Waals surface area contributed by atoms with Crippen molar-refractivity contribution < 1.29 is 22.5 Å². The van der Waals surface area contributed by atoms with Crippen molar-refractivity contribution in [2.24, 2.45) is 0 Å². The van der Waals surface area contributed by atoms with Crippen molar-refractivity contribution in [1.82, 2.24) is 5.32 Å². The molecule has 0 aliphatic heterocycles. The Labute approximate surface area is 143 Å². The summed E-state index contributed by atoms with van der Waals surface area (Å²) in [4.78, 5) is 22.0. The van der Waals surface area contributed by atoms with Crippen LogP contribution in [0.2, 0.25) is 0 Å². The van der Waals surface area contributed by atoms with Gasteiger partial charge in [0.25, 0.3) is 5.91 Å². The SMILES string of the molecule is CCS(=O)(=O)c1ccc(CNC(=O)c2cccc([N+](=O)[O-])c2F)cc1. The summed E-state index contributed by atoms with van der Waals surface area (Å²) in [6.45, 7) is 1.56. The predicted octanol–water partition coefficient (Wildman–Crippen LogP) is 2.46. The maximum Gasteiger partial charge on any atom is 0.305 e. The normalized spacial score (nSPS) is 11.1. The van der Waals surface area contributed by atoms with E-state index < -0.39 is 37.7 Å². The monoisotopic (exact) mass is 366 g/mol. The first kappa shape index (κ1) is 18.5. The Kier molecular flexibility index (Phi) is 5.48. The standard InChI is InChI=1S/C16H15FN2O5S/c1-2-25(23,24)12-8-6-11(7-9-12)10-18-16(20)13-4-3-5-14(15(13)17)19(21)22/h3-9H,2,10H2,1H3,(H,18,20). The fourth-order valence-corrected chi connectivity index (χ4v) is 2.98. The highest BCUT2D eigenvalue weighted by molar-refractivity contribution is 7.91. The van der Waals surface area contributed by atoms with E-state index in [0.717, 1.165) is 12.1 Å². The summed E-state index contributed by atoms with van der Waals surface area (Å²) in [5, 5.41) is 13.1. The fraction of sp³-hybridized carbons (Fsp3) is 0.188. The summed E-state index contributed by atoms with van der Waals surface area (Å²) >= 11 is 0. The van der Waals surface area contributed by atoms with Gasteiger partial charge in [0.2, 0.25) is 5.82 Å². The topological polar surface area (TPSA) is 106 Å². The van der Waals surface area contributed by atoms with E-state index in [2.05, 4.69) is 5.32 Å². The first-order chi connectivity index (χ1) is 11.8. The van der Waals surface area contributed by atoms with Gasteiger partial charge in [0, 0.05) is 12.6 Å². The zero-order chi connectivity index (χ0) is 18.6. The van der Waals surface area contributed by atoms with Crippen LogP contribution in [0, 0.1) is 15.9 Å². The predicted molar refractivity (Wildman–Crippen MR) is 88.4 cm³/mol. The Morgan fingerprint density at radius 3 is 2.40 bits per heavy atom. The molecule has 7 nitrogen and oxygen atoms in total.